The third-order valence-electron chi connectivity index (χ3n) is 3.29. The Hall–Kier alpha value is -1.79. The molecule has 5 nitrogen and oxygen atoms in total. The van der Waals surface area contributed by atoms with Crippen LogP contribution in [-0.2, 0) is 9.59 Å². The third kappa shape index (κ3) is 3.18. The van der Waals surface area contributed by atoms with Crippen LogP contribution in [0.4, 0.5) is 0 Å². The molecule has 2 amide bonds. The number of hydrogen-bond donors (Lipinski definition) is 1. The number of thioether (sulfide) groups is 1. The van der Waals surface area contributed by atoms with Crippen molar-refractivity contribution in [3.63, 3.8) is 0 Å². The van der Waals surface area contributed by atoms with E-state index in [-0.39, 0.29) is 18.4 Å². The van der Waals surface area contributed by atoms with Crippen LogP contribution in [0.1, 0.15) is 18.9 Å². The highest BCUT2D eigenvalue weighted by atomic mass is 32.2. The van der Waals surface area contributed by atoms with E-state index in [2.05, 4.69) is 0 Å². The van der Waals surface area contributed by atoms with Gasteiger partial charge in [0.05, 0.1) is 24.2 Å². The Kier molecular flexibility index (Phi) is 5.63. The quantitative estimate of drug-likeness (QED) is 0.777. The maximum Gasteiger partial charge on any atom is 0.267 e. The molecule has 0 aromatic heterocycles. The van der Waals surface area contributed by atoms with Crippen molar-refractivity contribution in [1.29, 1.82) is 0 Å². The van der Waals surface area contributed by atoms with Gasteiger partial charge in [0, 0.05) is 12.3 Å². The number of nitrogens with zero attached hydrogens (tertiary/aromatic N) is 1. The van der Waals surface area contributed by atoms with Crippen molar-refractivity contribution >= 4 is 29.1 Å². The number of hydrogen-bond acceptors (Lipinski definition) is 5. The molecule has 1 aliphatic rings. The van der Waals surface area contributed by atoms with Gasteiger partial charge in [0.2, 0.25) is 0 Å². The van der Waals surface area contributed by atoms with Gasteiger partial charge in [-0.3, -0.25) is 14.5 Å². The van der Waals surface area contributed by atoms with Crippen LogP contribution < -0.4 is 4.74 Å². The van der Waals surface area contributed by atoms with Crippen LogP contribution in [0.5, 0.6) is 5.75 Å². The van der Waals surface area contributed by atoms with Crippen molar-refractivity contribution < 1.29 is 19.4 Å². The van der Waals surface area contributed by atoms with Crippen LogP contribution in [0.25, 0.3) is 5.57 Å². The SMILES string of the molecule is CCCN1C(=O)C(SCCO)=C(c2ccc(OC)cc2)C1=O. The summed E-state index contributed by atoms with van der Waals surface area (Å²) in [4.78, 5) is 26.7. The standard InChI is InChI=1S/C16H19NO4S/c1-3-8-17-15(19)13(14(16(17)20)22-10-9-18)11-4-6-12(21-2)7-5-11/h4-7,18H,3,8-10H2,1-2H3. The maximum absolute atomic E-state index is 12.6. The molecule has 0 fully saturated rings. The van der Waals surface area contributed by atoms with E-state index in [0.717, 1.165) is 0 Å². The average Bonchev–Trinajstić information content (AvgIpc) is 2.77. The number of amides is 2. The molecule has 0 aliphatic carbocycles. The number of carbonyl (C=O) groups is 2. The van der Waals surface area contributed by atoms with Gasteiger partial charge in [-0.2, -0.15) is 0 Å². The predicted molar refractivity (Wildman–Crippen MR) is 86.5 cm³/mol. The summed E-state index contributed by atoms with van der Waals surface area (Å²) in [7, 11) is 1.57. The third-order valence-corrected chi connectivity index (χ3v) is 4.34. The first kappa shape index (κ1) is 16.6. The van der Waals surface area contributed by atoms with Gasteiger partial charge in [0.1, 0.15) is 5.75 Å². The first-order valence-corrected chi connectivity index (χ1v) is 8.11. The van der Waals surface area contributed by atoms with Crippen LogP contribution in [0, 0.1) is 0 Å². The molecule has 0 radical (unpaired) electrons. The summed E-state index contributed by atoms with van der Waals surface area (Å²) in [5.41, 5.74) is 1.11. The van der Waals surface area contributed by atoms with Gasteiger partial charge in [-0.25, -0.2) is 0 Å². The summed E-state index contributed by atoms with van der Waals surface area (Å²) in [5, 5.41) is 9.00. The summed E-state index contributed by atoms with van der Waals surface area (Å²) >= 11 is 1.22. The number of rotatable bonds is 7. The molecule has 1 N–H and O–H groups in total. The molecule has 0 saturated carbocycles. The largest absolute Gasteiger partial charge is 0.497 e. The molecule has 118 valence electrons. The Labute approximate surface area is 133 Å². The number of aliphatic hydroxyl groups is 1. The van der Waals surface area contributed by atoms with E-state index in [1.807, 2.05) is 6.92 Å². The fourth-order valence-corrected chi connectivity index (χ4v) is 3.15. The summed E-state index contributed by atoms with van der Waals surface area (Å²) in [6.45, 7) is 2.28. The number of methoxy groups -OCH3 is 1. The lowest BCUT2D eigenvalue weighted by Crippen LogP contribution is -2.32. The molecule has 0 spiro atoms. The summed E-state index contributed by atoms with van der Waals surface area (Å²) in [6.07, 6.45) is 0.714. The van der Waals surface area contributed by atoms with Gasteiger partial charge in [-0.1, -0.05) is 19.1 Å². The minimum Gasteiger partial charge on any atom is -0.497 e. The smallest absolute Gasteiger partial charge is 0.267 e. The fraction of sp³-hybridized carbons (Fsp3) is 0.375. The van der Waals surface area contributed by atoms with Crippen molar-refractivity contribution in [3.05, 3.63) is 34.7 Å². The van der Waals surface area contributed by atoms with Crippen LogP contribution >= 0.6 is 11.8 Å². The molecular weight excluding hydrogens is 302 g/mol. The number of ether oxygens (including phenoxy) is 1. The molecule has 0 bridgehead atoms. The first-order chi connectivity index (χ1) is 10.6. The Morgan fingerprint density at radius 1 is 1.18 bits per heavy atom. The van der Waals surface area contributed by atoms with E-state index in [9.17, 15) is 9.59 Å². The predicted octanol–water partition coefficient (Wildman–Crippen LogP) is 1.91. The number of imide groups is 1. The van der Waals surface area contributed by atoms with Gasteiger partial charge >= 0.3 is 0 Å². The van der Waals surface area contributed by atoms with Gasteiger partial charge in [0.15, 0.2) is 0 Å². The van der Waals surface area contributed by atoms with E-state index in [1.165, 1.54) is 16.7 Å². The molecule has 1 aromatic carbocycles. The number of benzene rings is 1. The Balaban J connectivity index is 2.41. The molecule has 22 heavy (non-hydrogen) atoms. The lowest BCUT2D eigenvalue weighted by molar-refractivity contribution is -0.136. The fourth-order valence-electron chi connectivity index (χ4n) is 2.27. The van der Waals surface area contributed by atoms with Gasteiger partial charge in [-0.05, 0) is 24.1 Å². The van der Waals surface area contributed by atoms with E-state index in [0.29, 0.717) is 40.5 Å². The maximum atomic E-state index is 12.6. The minimum absolute atomic E-state index is 0.0424. The molecule has 1 aromatic rings. The van der Waals surface area contributed by atoms with Crippen molar-refractivity contribution in [3.8, 4) is 5.75 Å². The summed E-state index contributed by atoms with van der Waals surface area (Å²) < 4.78 is 5.11. The van der Waals surface area contributed by atoms with Crippen LogP contribution in [0.15, 0.2) is 29.2 Å². The first-order valence-electron chi connectivity index (χ1n) is 7.12. The minimum atomic E-state index is -0.267. The molecule has 2 rings (SSSR count). The summed E-state index contributed by atoms with van der Waals surface area (Å²) in [6, 6.07) is 7.07. The number of carbonyl (C=O) groups excluding carboxylic acids is 2. The van der Waals surface area contributed by atoms with Crippen LogP contribution in [-0.4, -0.2) is 47.8 Å². The summed E-state index contributed by atoms with van der Waals surface area (Å²) in [5.74, 6) is 0.540. The lowest BCUT2D eigenvalue weighted by atomic mass is 10.1. The second kappa shape index (κ2) is 7.47. The highest BCUT2D eigenvalue weighted by molar-refractivity contribution is 8.04. The highest BCUT2D eigenvalue weighted by Crippen LogP contribution is 2.36. The normalized spacial score (nSPS) is 15.0. The molecule has 6 heteroatoms. The second-order valence-electron chi connectivity index (χ2n) is 4.77. The Morgan fingerprint density at radius 2 is 1.86 bits per heavy atom. The average molecular weight is 321 g/mol. The van der Waals surface area contributed by atoms with Crippen LogP contribution in [0.2, 0.25) is 0 Å². The highest BCUT2D eigenvalue weighted by Gasteiger charge is 2.38. The molecule has 1 aliphatic heterocycles. The lowest BCUT2D eigenvalue weighted by Gasteiger charge is -2.13. The van der Waals surface area contributed by atoms with Gasteiger partial charge in [0.25, 0.3) is 11.8 Å². The Bertz CT molecular complexity index is 595. The van der Waals surface area contributed by atoms with Crippen molar-refractivity contribution in [1.82, 2.24) is 4.90 Å². The molecule has 1 heterocycles. The van der Waals surface area contributed by atoms with E-state index >= 15 is 0 Å². The van der Waals surface area contributed by atoms with Crippen molar-refractivity contribution in [2.24, 2.45) is 0 Å². The molecular formula is C16H19NO4S. The van der Waals surface area contributed by atoms with Gasteiger partial charge in [-0.15, -0.1) is 11.8 Å². The van der Waals surface area contributed by atoms with E-state index in [4.69, 9.17) is 9.84 Å². The second-order valence-corrected chi connectivity index (χ2v) is 5.87. The Morgan fingerprint density at radius 3 is 2.41 bits per heavy atom. The van der Waals surface area contributed by atoms with Crippen LogP contribution in [0.3, 0.4) is 0 Å². The molecule has 0 unspecified atom stereocenters. The van der Waals surface area contributed by atoms with Gasteiger partial charge < -0.3 is 9.84 Å². The zero-order chi connectivity index (χ0) is 16.1. The van der Waals surface area contributed by atoms with E-state index in [1.54, 1.807) is 31.4 Å². The molecule has 0 saturated heterocycles. The number of aliphatic hydroxyl groups excluding tert-OH is 1. The zero-order valence-corrected chi connectivity index (χ0v) is 13.5. The van der Waals surface area contributed by atoms with E-state index < -0.39 is 0 Å². The topological polar surface area (TPSA) is 66.8 Å². The zero-order valence-electron chi connectivity index (χ0n) is 12.7. The van der Waals surface area contributed by atoms with Crippen molar-refractivity contribution in [2.45, 2.75) is 13.3 Å². The van der Waals surface area contributed by atoms with Crippen molar-refractivity contribution in [2.75, 3.05) is 26.0 Å². The molecule has 0 atom stereocenters. The monoisotopic (exact) mass is 321 g/mol.